The molecule has 1 saturated heterocycles. The van der Waals surface area contributed by atoms with Gasteiger partial charge in [0.05, 0.1) is 6.61 Å². The molecule has 0 radical (unpaired) electrons. The molecule has 11 nitrogen and oxygen atoms in total. The highest BCUT2D eigenvalue weighted by Crippen LogP contribution is 2.11. The van der Waals surface area contributed by atoms with Gasteiger partial charge >= 0.3 is 5.97 Å². The van der Waals surface area contributed by atoms with Gasteiger partial charge in [-0.2, -0.15) is 4.52 Å². The lowest BCUT2D eigenvalue weighted by molar-refractivity contribution is -0.146. The number of likely N-dealkylation sites (tertiary alicyclic amines) is 1. The van der Waals surface area contributed by atoms with Crippen LogP contribution in [0.3, 0.4) is 0 Å². The molecule has 0 unspecified atom stereocenters. The zero-order valence-corrected chi connectivity index (χ0v) is 18.0. The van der Waals surface area contributed by atoms with Gasteiger partial charge in [0.15, 0.2) is 11.5 Å². The number of fused-ring (bicyclic) bond motifs is 1. The number of anilines is 1. The third-order valence-electron chi connectivity index (χ3n) is 5.00. The van der Waals surface area contributed by atoms with Crippen LogP contribution in [0.4, 0.5) is 5.82 Å². The second-order valence-corrected chi connectivity index (χ2v) is 7.41. The molecule has 0 spiro atoms. The Labute approximate surface area is 180 Å². The summed E-state index contributed by atoms with van der Waals surface area (Å²) in [7, 11) is 0. The molecule has 1 atom stereocenters. The highest BCUT2D eigenvalue weighted by atomic mass is 16.5. The first-order chi connectivity index (χ1) is 15.0. The second kappa shape index (κ2) is 10.7. The fourth-order valence-corrected chi connectivity index (χ4v) is 3.38. The van der Waals surface area contributed by atoms with Gasteiger partial charge < -0.3 is 20.3 Å². The summed E-state index contributed by atoms with van der Waals surface area (Å²) in [4.78, 5) is 37.3. The smallest absolute Gasteiger partial charge is 0.328 e. The number of esters is 1. The Morgan fingerprint density at radius 3 is 2.87 bits per heavy atom. The minimum atomic E-state index is -0.702. The van der Waals surface area contributed by atoms with E-state index in [0.29, 0.717) is 36.7 Å². The zero-order valence-electron chi connectivity index (χ0n) is 18.0. The van der Waals surface area contributed by atoms with Gasteiger partial charge in [-0.3, -0.25) is 9.59 Å². The first-order valence-electron chi connectivity index (χ1n) is 10.7. The van der Waals surface area contributed by atoms with Crippen molar-refractivity contribution in [2.24, 2.45) is 0 Å². The van der Waals surface area contributed by atoms with E-state index in [1.165, 1.54) is 0 Å². The number of amides is 2. The number of nitrogens with one attached hydrogen (secondary N) is 2. The molecule has 0 aromatic carbocycles. The van der Waals surface area contributed by atoms with Crippen molar-refractivity contribution in [2.75, 3.05) is 31.6 Å². The molecule has 11 heteroatoms. The third-order valence-corrected chi connectivity index (χ3v) is 5.00. The average molecular weight is 431 g/mol. The van der Waals surface area contributed by atoms with Gasteiger partial charge in [-0.05, 0) is 38.8 Å². The highest BCUT2D eigenvalue weighted by molar-refractivity contribution is 5.84. The molecule has 0 bridgehead atoms. The largest absolute Gasteiger partial charge is 0.464 e. The summed E-state index contributed by atoms with van der Waals surface area (Å²) < 4.78 is 6.49. The molecular formula is C20H29N7O4. The van der Waals surface area contributed by atoms with Crippen molar-refractivity contribution in [3.8, 4) is 0 Å². The maximum Gasteiger partial charge on any atom is 0.328 e. The number of carbonyl (C=O) groups excluding carboxylic acids is 3. The zero-order chi connectivity index (χ0) is 22.2. The van der Waals surface area contributed by atoms with Gasteiger partial charge in [0.1, 0.15) is 11.9 Å². The van der Waals surface area contributed by atoms with E-state index in [1.807, 2.05) is 11.0 Å². The topological polar surface area (TPSA) is 131 Å². The van der Waals surface area contributed by atoms with Crippen LogP contribution in [-0.4, -0.2) is 74.8 Å². The summed E-state index contributed by atoms with van der Waals surface area (Å²) in [6.45, 7) is 5.84. The van der Waals surface area contributed by atoms with Crippen molar-refractivity contribution in [1.29, 1.82) is 0 Å². The summed E-state index contributed by atoms with van der Waals surface area (Å²) in [5.41, 5.74) is 0.587. The van der Waals surface area contributed by atoms with Gasteiger partial charge in [-0.1, -0.05) is 0 Å². The maximum absolute atomic E-state index is 12.1. The molecule has 2 amide bonds. The number of ether oxygens (including phenoxy) is 1. The Morgan fingerprint density at radius 1 is 1.29 bits per heavy atom. The van der Waals surface area contributed by atoms with Crippen molar-refractivity contribution >= 4 is 29.2 Å². The van der Waals surface area contributed by atoms with Gasteiger partial charge in [0.2, 0.25) is 11.8 Å². The van der Waals surface area contributed by atoms with E-state index in [9.17, 15) is 14.4 Å². The molecule has 1 aliphatic heterocycles. The van der Waals surface area contributed by atoms with Gasteiger partial charge in [0, 0.05) is 38.9 Å². The van der Waals surface area contributed by atoms with Crippen LogP contribution in [0.2, 0.25) is 0 Å². The first kappa shape index (κ1) is 22.4. The summed E-state index contributed by atoms with van der Waals surface area (Å²) in [5, 5.41) is 18.6. The van der Waals surface area contributed by atoms with Gasteiger partial charge in [0.25, 0.3) is 0 Å². The first-order valence-corrected chi connectivity index (χ1v) is 10.7. The molecule has 2 N–H and O–H groups in total. The van der Waals surface area contributed by atoms with E-state index in [-0.39, 0.29) is 24.8 Å². The van der Waals surface area contributed by atoms with E-state index < -0.39 is 12.0 Å². The summed E-state index contributed by atoms with van der Waals surface area (Å²) in [6, 6.07) is 2.92. The van der Waals surface area contributed by atoms with E-state index in [0.717, 1.165) is 25.9 Å². The molecule has 3 rings (SSSR count). The van der Waals surface area contributed by atoms with Crippen LogP contribution >= 0.6 is 0 Å². The van der Waals surface area contributed by atoms with Gasteiger partial charge in [-0.15, -0.1) is 15.3 Å². The van der Waals surface area contributed by atoms with E-state index >= 15 is 0 Å². The lowest BCUT2D eigenvalue weighted by atomic mass is 10.2. The molecule has 168 valence electrons. The SMILES string of the molecule is CCOC(=O)[C@H](C)NC(=O)CCc1nnc2ccc(NCCCN3CCCC3=O)nn12. The average Bonchev–Trinajstić information content (AvgIpc) is 3.35. The Balaban J connectivity index is 1.49. The molecule has 2 aromatic rings. The quantitative estimate of drug-likeness (QED) is 0.390. The standard InChI is InChI=1S/C20H29N7O4/c1-3-31-20(30)14(2)22-18(28)10-9-17-24-23-16-8-7-15(25-27(16)17)21-11-5-13-26-12-4-6-19(26)29/h7-8,14H,3-6,9-13H2,1-2H3,(H,21,25)(H,22,28)/t14-/m0/s1. The van der Waals surface area contributed by atoms with Crippen LogP contribution in [0.5, 0.6) is 0 Å². The van der Waals surface area contributed by atoms with Crippen molar-refractivity contribution < 1.29 is 19.1 Å². The van der Waals surface area contributed by atoms with E-state index in [2.05, 4.69) is 25.9 Å². The maximum atomic E-state index is 12.1. The lowest BCUT2D eigenvalue weighted by Gasteiger charge is -2.15. The molecule has 1 fully saturated rings. The fraction of sp³-hybridized carbons (Fsp3) is 0.600. The van der Waals surface area contributed by atoms with Crippen LogP contribution in [0.15, 0.2) is 12.1 Å². The number of nitrogens with zero attached hydrogens (tertiary/aromatic N) is 5. The Hall–Kier alpha value is -3.24. The number of hydrogen-bond donors (Lipinski definition) is 2. The fourth-order valence-electron chi connectivity index (χ4n) is 3.38. The molecule has 3 heterocycles. The predicted molar refractivity (Wildman–Crippen MR) is 112 cm³/mol. The van der Waals surface area contributed by atoms with Crippen molar-refractivity contribution in [1.82, 2.24) is 30.0 Å². The Bertz CT molecular complexity index is 929. The van der Waals surface area contributed by atoms with Crippen molar-refractivity contribution in [3.05, 3.63) is 18.0 Å². The summed E-state index contributed by atoms with van der Waals surface area (Å²) in [5.74, 6) is 0.717. The molecule has 2 aromatic heterocycles. The molecule has 1 aliphatic rings. The Kier molecular flexibility index (Phi) is 7.74. The molecule has 0 saturated carbocycles. The van der Waals surface area contributed by atoms with Crippen LogP contribution in [0, 0.1) is 0 Å². The van der Waals surface area contributed by atoms with E-state index in [4.69, 9.17) is 4.74 Å². The summed E-state index contributed by atoms with van der Waals surface area (Å²) in [6.07, 6.45) is 2.91. The monoisotopic (exact) mass is 431 g/mol. The summed E-state index contributed by atoms with van der Waals surface area (Å²) >= 11 is 0. The third kappa shape index (κ3) is 6.12. The Morgan fingerprint density at radius 2 is 2.13 bits per heavy atom. The predicted octanol–water partition coefficient (Wildman–Crippen LogP) is 0.549. The number of aromatic nitrogens is 4. The number of carbonyl (C=O) groups is 3. The van der Waals surface area contributed by atoms with Crippen LogP contribution in [-0.2, 0) is 25.5 Å². The van der Waals surface area contributed by atoms with Gasteiger partial charge in [-0.25, -0.2) is 4.79 Å². The van der Waals surface area contributed by atoms with Crippen LogP contribution < -0.4 is 10.6 Å². The molecule has 31 heavy (non-hydrogen) atoms. The normalized spacial score (nSPS) is 14.6. The number of rotatable bonds is 11. The molecule has 0 aliphatic carbocycles. The number of aryl methyl sites for hydroxylation is 1. The minimum Gasteiger partial charge on any atom is -0.464 e. The minimum absolute atomic E-state index is 0.147. The van der Waals surface area contributed by atoms with Crippen molar-refractivity contribution in [3.63, 3.8) is 0 Å². The molecular weight excluding hydrogens is 402 g/mol. The van der Waals surface area contributed by atoms with Crippen LogP contribution in [0.1, 0.15) is 45.4 Å². The second-order valence-electron chi connectivity index (χ2n) is 7.41. The number of hydrogen-bond acceptors (Lipinski definition) is 8. The highest BCUT2D eigenvalue weighted by Gasteiger charge is 2.19. The van der Waals surface area contributed by atoms with Crippen molar-refractivity contribution in [2.45, 2.75) is 52.0 Å². The van der Waals surface area contributed by atoms with E-state index in [1.54, 1.807) is 24.4 Å². The lowest BCUT2D eigenvalue weighted by Crippen LogP contribution is -2.39. The van der Waals surface area contributed by atoms with Crippen LogP contribution in [0.25, 0.3) is 5.65 Å².